The first-order valence-electron chi connectivity index (χ1n) is 5.43. The van der Waals surface area contributed by atoms with Crippen molar-refractivity contribution >= 4 is 41.1 Å². The minimum Gasteiger partial charge on any atom is -0.486 e. The molecule has 0 bridgehead atoms. The lowest BCUT2D eigenvalue weighted by Crippen LogP contribution is -2.00. The summed E-state index contributed by atoms with van der Waals surface area (Å²) in [4.78, 5) is 10.9. The number of para-hydroxylation sites is 1. The van der Waals surface area contributed by atoms with Gasteiger partial charge in [0.05, 0.1) is 10.6 Å². The largest absolute Gasteiger partial charge is 0.486 e. The summed E-state index contributed by atoms with van der Waals surface area (Å²) >= 11 is 18.1. The van der Waals surface area contributed by atoms with Gasteiger partial charge in [-0.1, -0.05) is 46.9 Å². The Morgan fingerprint density at radius 2 is 1.53 bits per heavy atom. The quantitative estimate of drug-likeness (QED) is 0.739. The zero-order chi connectivity index (χ0) is 13.8. The SMILES string of the molecule is O=Cc1cccc(Cl)c1OCc1c(Cl)cccc1Cl. The molecule has 0 saturated heterocycles. The van der Waals surface area contributed by atoms with E-state index in [2.05, 4.69) is 0 Å². The van der Waals surface area contributed by atoms with E-state index in [4.69, 9.17) is 39.5 Å². The molecule has 0 amide bonds. The molecule has 0 aromatic heterocycles. The van der Waals surface area contributed by atoms with E-state index in [1.54, 1.807) is 36.4 Å². The summed E-state index contributed by atoms with van der Waals surface area (Å²) in [5.74, 6) is 0.329. The Bertz CT molecular complexity index is 591. The van der Waals surface area contributed by atoms with Crippen LogP contribution in [0.15, 0.2) is 36.4 Å². The Kier molecular flexibility index (Phi) is 4.70. The summed E-state index contributed by atoms with van der Waals surface area (Å²) in [7, 11) is 0. The molecule has 0 radical (unpaired) electrons. The van der Waals surface area contributed by atoms with Crippen LogP contribution in [0.5, 0.6) is 5.75 Å². The van der Waals surface area contributed by atoms with Gasteiger partial charge in [0.2, 0.25) is 0 Å². The van der Waals surface area contributed by atoms with Crippen LogP contribution in [0.3, 0.4) is 0 Å². The normalized spacial score (nSPS) is 10.3. The van der Waals surface area contributed by atoms with Gasteiger partial charge in [-0.25, -0.2) is 0 Å². The molecule has 0 aliphatic heterocycles. The van der Waals surface area contributed by atoms with E-state index < -0.39 is 0 Å². The lowest BCUT2D eigenvalue weighted by Gasteiger charge is -2.12. The Hall–Kier alpha value is -1.22. The highest BCUT2D eigenvalue weighted by molar-refractivity contribution is 6.36. The molecule has 0 heterocycles. The van der Waals surface area contributed by atoms with Crippen LogP contribution in [-0.4, -0.2) is 6.29 Å². The van der Waals surface area contributed by atoms with Gasteiger partial charge < -0.3 is 4.74 Å². The van der Waals surface area contributed by atoms with E-state index in [0.717, 1.165) is 0 Å². The standard InChI is InChI=1S/C14H9Cl3O2/c15-11-4-2-5-12(16)10(11)8-19-14-9(7-18)3-1-6-13(14)17/h1-7H,8H2. The van der Waals surface area contributed by atoms with Crippen LogP contribution in [0, 0.1) is 0 Å². The van der Waals surface area contributed by atoms with Crippen LogP contribution in [-0.2, 0) is 6.61 Å². The van der Waals surface area contributed by atoms with Crippen LogP contribution < -0.4 is 4.74 Å². The molecular formula is C14H9Cl3O2. The molecule has 2 aromatic rings. The molecule has 0 aliphatic carbocycles. The van der Waals surface area contributed by atoms with Crippen LogP contribution in [0.25, 0.3) is 0 Å². The second-order valence-electron chi connectivity index (χ2n) is 3.76. The fourth-order valence-electron chi connectivity index (χ4n) is 1.59. The summed E-state index contributed by atoms with van der Waals surface area (Å²) in [6.07, 6.45) is 0.690. The maximum Gasteiger partial charge on any atom is 0.153 e. The van der Waals surface area contributed by atoms with Crippen molar-refractivity contribution in [1.29, 1.82) is 0 Å². The molecule has 0 fully saturated rings. The van der Waals surface area contributed by atoms with Gasteiger partial charge in [-0.3, -0.25) is 4.79 Å². The Labute approximate surface area is 125 Å². The molecule has 0 unspecified atom stereocenters. The summed E-state index contributed by atoms with van der Waals surface area (Å²) in [6.45, 7) is 0.142. The van der Waals surface area contributed by atoms with Crippen molar-refractivity contribution in [2.24, 2.45) is 0 Å². The summed E-state index contributed by atoms with van der Waals surface area (Å²) < 4.78 is 5.57. The van der Waals surface area contributed by atoms with Gasteiger partial charge in [-0.05, 0) is 24.3 Å². The Morgan fingerprint density at radius 1 is 0.947 bits per heavy atom. The molecule has 2 nitrogen and oxygen atoms in total. The van der Waals surface area contributed by atoms with E-state index in [0.29, 0.717) is 38.2 Å². The van der Waals surface area contributed by atoms with Gasteiger partial charge in [-0.15, -0.1) is 0 Å². The Morgan fingerprint density at radius 3 is 2.16 bits per heavy atom. The zero-order valence-corrected chi connectivity index (χ0v) is 12.0. The van der Waals surface area contributed by atoms with Crippen molar-refractivity contribution in [3.8, 4) is 5.75 Å². The zero-order valence-electron chi connectivity index (χ0n) is 9.70. The smallest absolute Gasteiger partial charge is 0.153 e. The number of rotatable bonds is 4. The first-order valence-corrected chi connectivity index (χ1v) is 6.56. The third-order valence-corrected chi connectivity index (χ3v) is 3.55. The number of aldehydes is 1. The second-order valence-corrected chi connectivity index (χ2v) is 4.99. The van der Waals surface area contributed by atoms with Crippen LogP contribution >= 0.6 is 34.8 Å². The highest BCUT2D eigenvalue weighted by Gasteiger charge is 2.11. The van der Waals surface area contributed by atoms with E-state index in [1.165, 1.54) is 0 Å². The van der Waals surface area contributed by atoms with Crippen LogP contribution in [0.2, 0.25) is 15.1 Å². The summed E-state index contributed by atoms with van der Waals surface area (Å²) in [5.41, 5.74) is 1.04. The molecular weight excluding hydrogens is 307 g/mol. The lowest BCUT2D eigenvalue weighted by atomic mass is 10.2. The minimum absolute atomic E-state index is 0.142. The van der Waals surface area contributed by atoms with Crippen molar-refractivity contribution in [2.75, 3.05) is 0 Å². The number of halogens is 3. The number of hydrogen-bond donors (Lipinski definition) is 0. The first-order chi connectivity index (χ1) is 9.13. The molecule has 0 N–H and O–H groups in total. The second kappa shape index (κ2) is 6.29. The third kappa shape index (κ3) is 3.21. The van der Waals surface area contributed by atoms with Crippen molar-refractivity contribution in [3.05, 3.63) is 62.6 Å². The number of hydrogen-bond acceptors (Lipinski definition) is 2. The Balaban J connectivity index is 2.26. The van der Waals surface area contributed by atoms with Crippen molar-refractivity contribution in [2.45, 2.75) is 6.61 Å². The number of carbonyl (C=O) groups excluding carboxylic acids is 1. The maximum absolute atomic E-state index is 10.9. The number of benzene rings is 2. The van der Waals surface area contributed by atoms with Gasteiger partial charge in [0.1, 0.15) is 12.4 Å². The van der Waals surface area contributed by atoms with Gasteiger partial charge in [0.25, 0.3) is 0 Å². The van der Waals surface area contributed by atoms with E-state index in [1.807, 2.05) is 0 Å². The molecule has 98 valence electrons. The van der Waals surface area contributed by atoms with Gasteiger partial charge in [0.15, 0.2) is 6.29 Å². The van der Waals surface area contributed by atoms with Gasteiger partial charge in [0, 0.05) is 15.6 Å². The van der Waals surface area contributed by atoms with E-state index in [-0.39, 0.29) is 6.61 Å². The molecule has 5 heteroatoms. The number of carbonyl (C=O) groups is 1. The predicted molar refractivity (Wildman–Crippen MR) is 77.6 cm³/mol. The number of ether oxygens (including phenoxy) is 1. The molecule has 0 spiro atoms. The van der Waals surface area contributed by atoms with Crippen molar-refractivity contribution < 1.29 is 9.53 Å². The molecule has 0 atom stereocenters. The minimum atomic E-state index is 0.142. The van der Waals surface area contributed by atoms with Crippen molar-refractivity contribution in [1.82, 2.24) is 0 Å². The summed E-state index contributed by atoms with van der Waals surface area (Å²) in [5, 5.41) is 1.38. The fraction of sp³-hybridized carbons (Fsp3) is 0.0714. The van der Waals surface area contributed by atoms with Crippen molar-refractivity contribution in [3.63, 3.8) is 0 Å². The van der Waals surface area contributed by atoms with E-state index in [9.17, 15) is 4.79 Å². The predicted octanol–water partition coefficient (Wildman–Crippen LogP) is 5.04. The molecule has 2 aromatic carbocycles. The topological polar surface area (TPSA) is 26.3 Å². The lowest BCUT2D eigenvalue weighted by molar-refractivity contribution is 0.111. The molecule has 0 saturated carbocycles. The fourth-order valence-corrected chi connectivity index (χ4v) is 2.33. The van der Waals surface area contributed by atoms with Gasteiger partial charge >= 0.3 is 0 Å². The highest BCUT2D eigenvalue weighted by Crippen LogP contribution is 2.31. The monoisotopic (exact) mass is 314 g/mol. The maximum atomic E-state index is 10.9. The third-order valence-electron chi connectivity index (χ3n) is 2.55. The highest BCUT2D eigenvalue weighted by atomic mass is 35.5. The average Bonchev–Trinajstić information content (AvgIpc) is 2.39. The van der Waals surface area contributed by atoms with E-state index >= 15 is 0 Å². The average molecular weight is 316 g/mol. The van der Waals surface area contributed by atoms with Crippen LogP contribution in [0.1, 0.15) is 15.9 Å². The molecule has 19 heavy (non-hydrogen) atoms. The summed E-state index contributed by atoms with van der Waals surface area (Å²) in [6, 6.07) is 10.2. The molecule has 0 aliphatic rings. The van der Waals surface area contributed by atoms with Crippen LogP contribution in [0.4, 0.5) is 0 Å². The van der Waals surface area contributed by atoms with Gasteiger partial charge in [-0.2, -0.15) is 0 Å². The molecule has 2 rings (SSSR count). The first kappa shape index (κ1) is 14.2.